The highest BCUT2D eigenvalue weighted by Gasteiger charge is 2.28. The zero-order valence-electron chi connectivity index (χ0n) is 15.1. The van der Waals surface area contributed by atoms with E-state index in [1.165, 1.54) is 0 Å². The highest BCUT2D eigenvalue weighted by molar-refractivity contribution is 7.99. The summed E-state index contributed by atoms with van der Waals surface area (Å²) in [6.45, 7) is 3.12. The van der Waals surface area contributed by atoms with Crippen molar-refractivity contribution in [2.75, 3.05) is 18.6 Å². The number of amides is 1. The number of hydrogen-bond acceptors (Lipinski definition) is 6. The summed E-state index contributed by atoms with van der Waals surface area (Å²) in [5.41, 5.74) is 9.07. The van der Waals surface area contributed by atoms with Gasteiger partial charge in [-0.25, -0.2) is 9.97 Å². The number of hydrogen-bond donors (Lipinski definition) is 1. The second kappa shape index (κ2) is 8.51. The Morgan fingerprint density at radius 3 is 2.81 bits per heavy atom. The third-order valence-electron chi connectivity index (χ3n) is 4.36. The maximum absolute atomic E-state index is 12.5. The van der Waals surface area contributed by atoms with Crippen LogP contribution in [0.4, 0.5) is 0 Å². The summed E-state index contributed by atoms with van der Waals surface area (Å²) < 4.78 is 5.18. The van der Waals surface area contributed by atoms with Crippen molar-refractivity contribution in [2.45, 2.75) is 32.5 Å². The molecular weight excluding hydrogens is 348 g/mol. The Bertz CT molecular complexity index is 767. The molecule has 7 heteroatoms. The minimum absolute atomic E-state index is 0.0133. The molecule has 6 nitrogen and oxygen atoms in total. The van der Waals surface area contributed by atoms with E-state index in [0.717, 1.165) is 34.1 Å². The summed E-state index contributed by atoms with van der Waals surface area (Å²) >= 11 is 1.68. The molecule has 0 spiro atoms. The van der Waals surface area contributed by atoms with E-state index in [1.807, 2.05) is 30.5 Å². The second-order valence-corrected chi connectivity index (χ2v) is 7.56. The van der Waals surface area contributed by atoms with Crippen molar-refractivity contribution in [1.82, 2.24) is 14.9 Å². The lowest BCUT2D eigenvalue weighted by Crippen LogP contribution is -2.42. The van der Waals surface area contributed by atoms with Gasteiger partial charge in [0.2, 0.25) is 5.91 Å². The minimum Gasteiger partial charge on any atom is -0.497 e. The third kappa shape index (κ3) is 4.34. The van der Waals surface area contributed by atoms with Gasteiger partial charge < -0.3 is 15.4 Å². The van der Waals surface area contributed by atoms with Crippen LogP contribution >= 0.6 is 11.8 Å². The first-order valence-electron chi connectivity index (χ1n) is 8.69. The van der Waals surface area contributed by atoms with Crippen LogP contribution < -0.4 is 10.5 Å². The summed E-state index contributed by atoms with van der Waals surface area (Å²) in [5, 5.41) is 0. The molecule has 2 heterocycles. The van der Waals surface area contributed by atoms with Crippen molar-refractivity contribution in [3.63, 3.8) is 0 Å². The predicted octanol–water partition coefficient (Wildman–Crippen LogP) is 2.00. The van der Waals surface area contributed by atoms with E-state index < -0.39 is 6.04 Å². The van der Waals surface area contributed by atoms with Crippen LogP contribution in [0, 0.1) is 0 Å². The summed E-state index contributed by atoms with van der Waals surface area (Å²) in [6, 6.07) is 7.42. The van der Waals surface area contributed by atoms with Gasteiger partial charge in [-0.3, -0.25) is 4.79 Å². The number of methoxy groups -OCH3 is 1. The molecule has 0 saturated carbocycles. The van der Waals surface area contributed by atoms with Gasteiger partial charge in [-0.1, -0.05) is 19.1 Å². The molecule has 3 rings (SSSR count). The van der Waals surface area contributed by atoms with Crippen LogP contribution in [0.15, 0.2) is 30.5 Å². The number of rotatable bonds is 7. The first-order chi connectivity index (χ1) is 12.6. The Morgan fingerprint density at radius 2 is 2.12 bits per heavy atom. The van der Waals surface area contributed by atoms with Crippen molar-refractivity contribution in [2.24, 2.45) is 5.73 Å². The van der Waals surface area contributed by atoms with Gasteiger partial charge in [0.15, 0.2) is 0 Å². The molecule has 1 aromatic heterocycles. The maximum atomic E-state index is 12.5. The van der Waals surface area contributed by atoms with Crippen molar-refractivity contribution in [3.8, 4) is 5.75 Å². The fraction of sp³-hybridized carbons (Fsp3) is 0.421. The molecule has 1 atom stereocenters. The van der Waals surface area contributed by atoms with E-state index in [-0.39, 0.29) is 5.91 Å². The number of benzene rings is 1. The van der Waals surface area contributed by atoms with Crippen molar-refractivity contribution in [1.29, 1.82) is 0 Å². The molecule has 2 N–H and O–H groups in total. The number of ether oxygens (including phenoxy) is 1. The maximum Gasteiger partial charge on any atom is 0.240 e. The molecule has 1 aromatic carbocycles. The van der Waals surface area contributed by atoms with Crippen molar-refractivity contribution >= 4 is 17.7 Å². The summed E-state index contributed by atoms with van der Waals surface area (Å²) in [4.78, 5) is 23.4. The molecule has 0 saturated heterocycles. The van der Waals surface area contributed by atoms with Crippen molar-refractivity contribution < 1.29 is 9.53 Å². The zero-order valence-corrected chi connectivity index (χ0v) is 16.0. The Balaban J connectivity index is 1.65. The summed E-state index contributed by atoms with van der Waals surface area (Å²) in [5.74, 6) is 3.18. The molecule has 0 radical (unpaired) electrons. The van der Waals surface area contributed by atoms with E-state index >= 15 is 0 Å². The number of carbonyl (C=O) groups is 1. The summed E-state index contributed by atoms with van der Waals surface area (Å²) in [7, 11) is 1.65. The molecule has 138 valence electrons. The van der Waals surface area contributed by atoms with Gasteiger partial charge in [0.05, 0.1) is 25.4 Å². The van der Waals surface area contributed by atoms with Crippen LogP contribution in [-0.2, 0) is 24.3 Å². The van der Waals surface area contributed by atoms with Crippen LogP contribution in [0.25, 0.3) is 0 Å². The van der Waals surface area contributed by atoms with Gasteiger partial charge in [-0.2, -0.15) is 11.8 Å². The van der Waals surface area contributed by atoms with E-state index in [4.69, 9.17) is 10.5 Å². The first kappa shape index (κ1) is 18.7. The molecule has 0 bridgehead atoms. The first-order valence-corrected chi connectivity index (χ1v) is 9.85. The third-order valence-corrected chi connectivity index (χ3v) is 5.36. The molecule has 2 aromatic rings. The predicted molar refractivity (Wildman–Crippen MR) is 103 cm³/mol. The fourth-order valence-corrected chi connectivity index (χ4v) is 3.54. The molecule has 0 fully saturated rings. The minimum atomic E-state index is -0.457. The fourth-order valence-electron chi connectivity index (χ4n) is 2.91. The number of thioether (sulfide) groups is 1. The van der Waals surface area contributed by atoms with Gasteiger partial charge in [-0.15, -0.1) is 0 Å². The monoisotopic (exact) mass is 372 g/mol. The van der Waals surface area contributed by atoms with Gasteiger partial charge >= 0.3 is 0 Å². The Labute approximate surface area is 158 Å². The zero-order chi connectivity index (χ0) is 18.5. The normalized spacial score (nSPS) is 14.2. The number of nitrogens with two attached hydrogens (primary N) is 1. The molecule has 1 aliphatic heterocycles. The van der Waals surface area contributed by atoms with Crippen molar-refractivity contribution in [3.05, 3.63) is 53.1 Å². The number of aromatic nitrogens is 2. The second-order valence-electron chi connectivity index (χ2n) is 6.24. The Kier molecular flexibility index (Phi) is 6.11. The van der Waals surface area contributed by atoms with Crippen LogP contribution in [0.5, 0.6) is 5.75 Å². The Hall–Kier alpha value is -2.12. The van der Waals surface area contributed by atoms with Crippen LogP contribution in [-0.4, -0.2) is 45.4 Å². The van der Waals surface area contributed by atoms with E-state index in [0.29, 0.717) is 25.3 Å². The van der Waals surface area contributed by atoms with Crippen LogP contribution in [0.2, 0.25) is 0 Å². The lowest BCUT2D eigenvalue weighted by Gasteiger charge is -2.19. The largest absolute Gasteiger partial charge is 0.497 e. The van der Waals surface area contributed by atoms with E-state index in [2.05, 4.69) is 16.9 Å². The quantitative estimate of drug-likeness (QED) is 0.801. The number of nitrogens with zero attached hydrogens (tertiary/aromatic N) is 3. The number of carbonyl (C=O) groups excluding carboxylic acids is 1. The highest BCUT2D eigenvalue weighted by Crippen LogP contribution is 2.22. The van der Waals surface area contributed by atoms with E-state index in [9.17, 15) is 4.79 Å². The summed E-state index contributed by atoms with van der Waals surface area (Å²) in [6.07, 6.45) is 2.48. The van der Waals surface area contributed by atoms with Gasteiger partial charge in [0, 0.05) is 30.5 Å². The molecule has 0 unspecified atom stereocenters. The van der Waals surface area contributed by atoms with Gasteiger partial charge in [-0.05, 0) is 23.4 Å². The highest BCUT2D eigenvalue weighted by atomic mass is 32.2. The molecule has 1 aliphatic rings. The van der Waals surface area contributed by atoms with Crippen LogP contribution in [0.3, 0.4) is 0 Å². The lowest BCUT2D eigenvalue weighted by molar-refractivity contribution is -0.132. The van der Waals surface area contributed by atoms with E-state index in [1.54, 1.807) is 23.8 Å². The average molecular weight is 372 g/mol. The standard InChI is InChI=1S/C19H24N4O2S/c1-3-26-12-16(20)19(24)23-10-14-9-21-18(22-17(14)11-23)8-13-4-6-15(25-2)7-5-13/h4-7,9,16H,3,8,10-12,20H2,1-2H3/t16-/m0/s1. The lowest BCUT2D eigenvalue weighted by atomic mass is 10.1. The molecule has 0 aliphatic carbocycles. The Morgan fingerprint density at radius 1 is 1.35 bits per heavy atom. The molecule has 26 heavy (non-hydrogen) atoms. The average Bonchev–Trinajstić information content (AvgIpc) is 3.09. The molecule has 1 amide bonds. The number of fused-ring (bicyclic) bond motifs is 1. The van der Waals surface area contributed by atoms with Crippen LogP contribution in [0.1, 0.15) is 29.6 Å². The van der Waals surface area contributed by atoms with Gasteiger partial charge in [0.1, 0.15) is 11.6 Å². The van der Waals surface area contributed by atoms with Gasteiger partial charge in [0.25, 0.3) is 0 Å². The topological polar surface area (TPSA) is 81.3 Å². The molecular formula is C19H24N4O2S. The SMILES string of the molecule is CCSC[C@H](N)C(=O)N1Cc2cnc(Cc3ccc(OC)cc3)nc2C1. The smallest absolute Gasteiger partial charge is 0.240 e.